The van der Waals surface area contributed by atoms with E-state index in [9.17, 15) is 14.9 Å². The minimum Gasteiger partial charge on any atom is -0.493 e. The van der Waals surface area contributed by atoms with Crippen LogP contribution in [-0.2, 0) is 6.61 Å². The number of para-hydroxylation sites is 1. The summed E-state index contributed by atoms with van der Waals surface area (Å²) in [5.74, 6) is 1.45. The highest BCUT2D eigenvalue weighted by molar-refractivity contribution is 9.10. The van der Waals surface area contributed by atoms with Gasteiger partial charge in [-0.05, 0) is 70.0 Å². The standard InChI is InChI=1S/C31H20Br2N4O6/c1-41-27-14-20(24(33)15-28(27)42-17-18-5-4-6-22(11-18)37(39)40)16-34-36-30(35-25-8-3-2-7-23(25)31(36)38)29-13-19-12-21(32)9-10-26(19)43-29/h2-16H,17H2,1H3. The van der Waals surface area contributed by atoms with Crippen molar-refractivity contribution < 1.29 is 18.8 Å². The fraction of sp³-hybridized carbons (Fsp3) is 0.0645. The van der Waals surface area contributed by atoms with Gasteiger partial charge in [-0.1, -0.05) is 40.2 Å². The number of hydrogen-bond donors (Lipinski definition) is 0. The van der Waals surface area contributed by atoms with E-state index in [1.807, 2.05) is 30.3 Å². The minimum atomic E-state index is -0.455. The summed E-state index contributed by atoms with van der Waals surface area (Å²) in [6, 6.07) is 24.1. The molecule has 2 aromatic heterocycles. The molecule has 0 atom stereocenters. The Morgan fingerprint density at radius 3 is 2.67 bits per heavy atom. The van der Waals surface area contributed by atoms with Gasteiger partial charge in [-0.2, -0.15) is 9.78 Å². The predicted molar refractivity (Wildman–Crippen MR) is 170 cm³/mol. The van der Waals surface area contributed by atoms with Crippen molar-refractivity contribution in [3.63, 3.8) is 0 Å². The van der Waals surface area contributed by atoms with Crippen LogP contribution in [0.4, 0.5) is 5.69 Å². The Morgan fingerprint density at radius 1 is 1.02 bits per heavy atom. The first kappa shape index (κ1) is 28.3. The van der Waals surface area contributed by atoms with Gasteiger partial charge in [0, 0.05) is 32.0 Å². The number of hydrogen-bond acceptors (Lipinski definition) is 8. The molecule has 43 heavy (non-hydrogen) atoms. The SMILES string of the molecule is COc1cc(C=Nn2c(-c3cc4cc(Br)ccc4o3)nc3ccccc3c2=O)c(Br)cc1OCc1cccc([N+](=O)[O-])c1. The Hall–Kier alpha value is -4.81. The van der Waals surface area contributed by atoms with Crippen molar-refractivity contribution in [2.24, 2.45) is 5.10 Å². The molecule has 6 aromatic rings. The third-order valence-corrected chi connectivity index (χ3v) is 7.74. The maximum absolute atomic E-state index is 13.6. The van der Waals surface area contributed by atoms with Gasteiger partial charge in [0.25, 0.3) is 11.2 Å². The van der Waals surface area contributed by atoms with Crippen LogP contribution in [-0.4, -0.2) is 27.9 Å². The fourth-order valence-electron chi connectivity index (χ4n) is 4.48. The third kappa shape index (κ3) is 5.79. The lowest BCUT2D eigenvalue weighted by atomic mass is 10.2. The van der Waals surface area contributed by atoms with E-state index in [4.69, 9.17) is 18.9 Å². The molecule has 0 radical (unpaired) electrons. The maximum Gasteiger partial charge on any atom is 0.282 e. The number of ether oxygens (including phenoxy) is 2. The van der Waals surface area contributed by atoms with Crippen molar-refractivity contribution in [2.75, 3.05) is 7.11 Å². The van der Waals surface area contributed by atoms with E-state index in [0.717, 1.165) is 9.86 Å². The molecule has 0 spiro atoms. The number of nitrogens with zero attached hydrogens (tertiary/aromatic N) is 4. The average Bonchev–Trinajstić information content (AvgIpc) is 3.43. The molecule has 2 heterocycles. The number of furan rings is 1. The molecule has 0 saturated heterocycles. The van der Waals surface area contributed by atoms with E-state index in [0.29, 0.717) is 49.3 Å². The monoisotopic (exact) mass is 702 g/mol. The zero-order valence-corrected chi connectivity index (χ0v) is 25.5. The number of methoxy groups -OCH3 is 1. The molecule has 10 nitrogen and oxygen atoms in total. The molecule has 12 heteroatoms. The van der Waals surface area contributed by atoms with Crippen LogP contribution in [0.15, 0.2) is 108 Å². The molecule has 0 unspecified atom stereocenters. The van der Waals surface area contributed by atoms with Crippen molar-refractivity contribution >= 4 is 65.6 Å². The Balaban J connectivity index is 1.37. The summed E-state index contributed by atoms with van der Waals surface area (Å²) in [6.45, 7) is 0.0908. The van der Waals surface area contributed by atoms with Gasteiger partial charge in [0.2, 0.25) is 5.82 Å². The van der Waals surface area contributed by atoms with Crippen LogP contribution >= 0.6 is 31.9 Å². The number of nitro groups is 1. The summed E-state index contributed by atoms with van der Waals surface area (Å²) >= 11 is 7.03. The Labute approximate surface area is 260 Å². The first-order chi connectivity index (χ1) is 20.8. The second-order valence-corrected chi connectivity index (χ2v) is 11.1. The van der Waals surface area contributed by atoms with Crippen LogP contribution in [0.3, 0.4) is 0 Å². The molecule has 6 rings (SSSR count). The highest BCUT2D eigenvalue weighted by atomic mass is 79.9. The molecule has 0 N–H and O–H groups in total. The zero-order valence-electron chi connectivity index (χ0n) is 22.4. The zero-order chi connectivity index (χ0) is 30.1. The van der Waals surface area contributed by atoms with Crippen molar-refractivity contribution in [2.45, 2.75) is 6.61 Å². The molecule has 0 aliphatic heterocycles. The fourth-order valence-corrected chi connectivity index (χ4v) is 5.28. The quantitative estimate of drug-likeness (QED) is 0.0904. The highest BCUT2D eigenvalue weighted by Gasteiger charge is 2.17. The summed E-state index contributed by atoms with van der Waals surface area (Å²) in [4.78, 5) is 29.0. The van der Waals surface area contributed by atoms with Crippen molar-refractivity contribution in [1.82, 2.24) is 9.66 Å². The van der Waals surface area contributed by atoms with Crippen LogP contribution in [0, 0.1) is 10.1 Å². The van der Waals surface area contributed by atoms with E-state index in [-0.39, 0.29) is 23.7 Å². The first-order valence-electron chi connectivity index (χ1n) is 12.8. The van der Waals surface area contributed by atoms with Crippen molar-refractivity contribution in [3.05, 3.63) is 125 Å². The van der Waals surface area contributed by atoms with Crippen LogP contribution in [0.2, 0.25) is 0 Å². The summed E-state index contributed by atoms with van der Waals surface area (Å²) in [5.41, 5.74) is 2.01. The van der Waals surface area contributed by atoms with E-state index in [2.05, 4.69) is 37.0 Å². The normalized spacial score (nSPS) is 11.4. The third-order valence-electron chi connectivity index (χ3n) is 6.56. The van der Waals surface area contributed by atoms with Crippen LogP contribution < -0.4 is 15.0 Å². The molecule has 0 aliphatic rings. The molecular formula is C31H20Br2N4O6. The summed E-state index contributed by atoms with van der Waals surface area (Å²) < 4.78 is 20.3. The number of fused-ring (bicyclic) bond motifs is 2. The minimum absolute atomic E-state index is 0.0193. The average molecular weight is 704 g/mol. The van der Waals surface area contributed by atoms with E-state index in [1.165, 1.54) is 30.1 Å². The topological polar surface area (TPSA) is 122 Å². The van der Waals surface area contributed by atoms with Gasteiger partial charge in [0.1, 0.15) is 12.2 Å². The number of rotatable bonds is 8. The first-order valence-corrected chi connectivity index (χ1v) is 14.4. The van der Waals surface area contributed by atoms with Gasteiger partial charge in [-0.25, -0.2) is 4.98 Å². The van der Waals surface area contributed by atoms with E-state index < -0.39 is 4.92 Å². The number of aromatic nitrogens is 2. The van der Waals surface area contributed by atoms with Gasteiger partial charge >= 0.3 is 0 Å². The number of non-ortho nitro benzene ring substituents is 1. The Morgan fingerprint density at radius 2 is 1.86 bits per heavy atom. The second kappa shape index (κ2) is 11.8. The van der Waals surface area contributed by atoms with Crippen molar-refractivity contribution in [1.29, 1.82) is 0 Å². The number of nitro benzene ring substituents is 1. The smallest absolute Gasteiger partial charge is 0.282 e. The lowest BCUT2D eigenvalue weighted by Crippen LogP contribution is -2.20. The summed E-state index contributed by atoms with van der Waals surface area (Å²) in [5, 5.41) is 16.9. The van der Waals surface area contributed by atoms with Gasteiger partial charge in [0.05, 0.1) is 29.2 Å². The highest BCUT2D eigenvalue weighted by Crippen LogP contribution is 2.34. The molecule has 0 aliphatic carbocycles. The Bertz CT molecular complexity index is 2120. The summed E-state index contributed by atoms with van der Waals surface area (Å²) in [7, 11) is 1.50. The summed E-state index contributed by atoms with van der Waals surface area (Å²) in [6.07, 6.45) is 1.51. The lowest BCUT2D eigenvalue weighted by molar-refractivity contribution is -0.384. The van der Waals surface area contributed by atoms with Gasteiger partial charge in [-0.3, -0.25) is 14.9 Å². The van der Waals surface area contributed by atoms with Gasteiger partial charge in [0.15, 0.2) is 17.3 Å². The van der Waals surface area contributed by atoms with Crippen LogP contribution in [0.1, 0.15) is 11.1 Å². The molecule has 0 amide bonds. The van der Waals surface area contributed by atoms with Crippen LogP contribution in [0.25, 0.3) is 33.5 Å². The van der Waals surface area contributed by atoms with Gasteiger partial charge in [-0.15, -0.1) is 0 Å². The molecular weight excluding hydrogens is 684 g/mol. The maximum atomic E-state index is 13.6. The molecule has 0 saturated carbocycles. The van der Waals surface area contributed by atoms with E-state index in [1.54, 1.807) is 42.5 Å². The lowest BCUT2D eigenvalue weighted by Gasteiger charge is -2.13. The largest absolute Gasteiger partial charge is 0.493 e. The second-order valence-electron chi connectivity index (χ2n) is 9.35. The van der Waals surface area contributed by atoms with Crippen LogP contribution in [0.5, 0.6) is 11.5 Å². The molecule has 4 aromatic carbocycles. The van der Waals surface area contributed by atoms with Crippen molar-refractivity contribution in [3.8, 4) is 23.1 Å². The van der Waals surface area contributed by atoms with E-state index >= 15 is 0 Å². The number of benzene rings is 4. The molecule has 214 valence electrons. The number of halogens is 2. The van der Waals surface area contributed by atoms with Gasteiger partial charge < -0.3 is 13.9 Å². The Kier molecular flexibility index (Phi) is 7.78. The molecule has 0 fully saturated rings. The predicted octanol–water partition coefficient (Wildman–Crippen LogP) is 7.71. The molecule has 0 bridgehead atoms.